The molecule has 0 aliphatic carbocycles. The summed E-state index contributed by atoms with van der Waals surface area (Å²) in [6.45, 7) is 2.08. The van der Waals surface area contributed by atoms with Crippen LogP contribution >= 0.6 is 0 Å². The molecular formula is C21H20BNO. The molecule has 24 heavy (non-hydrogen) atoms. The lowest BCUT2D eigenvalue weighted by Crippen LogP contribution is -2.14. The number of hydrogen-bond donors (Lipinski definition) is 1. The molecule has 118 valence electrons. The maximum absolute atomic E-state index is 9.24. The van der Waals surface area contributed by atoms with Gasteiger partial charge >= 0.3 is 7.48 Å². The minimum Gasteiger partial charge on any atom is -0.449 e. The summed E-state index contributed by atoms with van der Waals surface area (Å²) in [4.78, 5) is 4.93. The van der Waals surface area contributed by atoms with Gasteiger partial charge in [0, 0.05) is 6.42 Å². The van der Waals surface area contributed by atoms with Crippen LogP contribution in [0.1, 0.15) is 16.7 Å². The van der Waals surface area contributed by atoms with Gasteiger partial charge in [0.1, 0.15) is 0 Å². The first kappa shape index (κ1) is 16.2. The van der Waals surface area contributed by atoms with Gasteiger partial charge in [-0.15, -0.1) is 0 Å². The summed E-state index contributed by atoms with van der Waals surface area (Å²) in [7, 11) is 0.0588. The molecule has 0 saturated carbocycles. The highest BCUT2D eigenvalue weighted by Crippen LogP contribution is 2.20. The Kier molecular flexibility index (Phi) is 5.24. The van der Waals surface area contributed by atoms with Crippen LogP contribution in [0.5, 0.6) is 0 Å². The van der Waals surface area contributed by atoms with Crippen LogP contribution in [0.4, 0.5) is 5.69 Å². The maximum Gasteiger partial charge on any atom is 0.304 e. The Morgan fingerprint density at radius 1 is 0.875 bits per heavy atom. The van der Waals surface area contributed by atoms with E-state index in [-0.39, 0.29) is 7.48 Å². The lowest BCUT2D eigenvalue weighted by atomic mass is 9.87. The van der Waals surface area contributed by atoms with Crippen molar-refractivity contribution in [2.75, 3.05) is 0 Å². The molecule has 0 fully saturated rings. The van der Waals surface area contributed by atoms with Crippen molar-refractivity contribution in [3.8, 4) is 0 Å². The number of nitrogens with zero attached hydrogens (tertiary/aromatic N) is 1. The minimum absolute atomic E-state index is 0.0588. The second kappa shape index (κ2) is 7.76. The third-order valence-corrected chi connectivity index (χ3v) is 4.05. The van der Waals surface area contributed by atoms with Crippen molar-refractivity contribution in [3.05, 3.63) is 95.6 Å². The van der Waals surface area contributed by atoms with E-state index in [1.807, 2.05) is 48.5 Å². The number of aliphatic imine (C=N–C) groups is 1. The molecular weight excluding hydrogens is 293 g/mol. The third kappa shape index (κ3) is 4.00. The number of aryl methyl sites for hydroxylation is 1. The first-order valence-electron chi connectivity index (χ1n) is 8.13. The van der Waals surface area contributed by atoms with Gasteiger partial charge in [0.15, 0.2) is 0 Å². The molecule has 3 aromatic carbocycles. The molecule has 0 radical (unpaired) electrons. The molecule has 3 heteroatoms. The van der Waals surface area contributed by atoms with Crippen LogP contribution in [-0.4, -0.2) is 18.2 Å². The lowest BCUT2D eigenvalue weighted by molar-refractivity contribution is 0.615. The van der Waals surface area contributed by atoms with E-state index in [4.69, 9.17) is 4.99 Å². The van der Waals surface area contributed by atoms with Gasteiger partial charge in [0.25, 0.3) is 0 Å². The number of para-hydroxylation sites is 1. The number of hydrogen-bond acceptors (Lipinski definition) is 2. The van der Waals surface area contributed by atoms with Gasteiger partial charge in [-0.2, -0.15) is 0 Å². The molecule has 0 aliphatic heterocycles. The molecule has 0 atom stereocenters. The van der Waals surface area contributed by atoms with Gasteiger partial charge in [-0.05, 0) is 29.7 Å². The highest BCUT2D eigenvalue weighted by Gasteiger charge is 2.07. The average Bonchev–Trinajstić information content (AvgIpc) is 2.64. The lowest BCUT2D eigenvalue weighted by Gasteiger charge is -2.10. The van der Waals surface area contributed by atoms with Gasteiger partial charge in [0.05, 0.1) is 11.4 Å². The monoisotopic (exact) mass is 313 g/mol. The Morgan fingerprint density at radius 3 is 2.21 bits per heavy atom. The largest absolute Gasteiger partial charge is 0.449 e. The molecule has 0 unspecified atom stereocenters. The van der Waals surface area contributed by atoms with Gasteiger partial charge in [0.2, 0.25) is 0 Å². The second-order valence-electron chi connectivity index (χ2n) is 5.86. The zero-order valence-electron chi connectivity index (χ0n) is 13.8. The third-order valence-electron chi connectivity index (χ3n) is 4.05. The van der Waals surface area contributed by atoms with Crippen molar-refractivity contribution in [2.45, 2.75) is 13.3 Å². The second-order valence-corrected chi connectivity index (χ2v) is 5.86. The molecule has 0 heterocycles. The van der Waals surface area contributed by atoms with E-state index < -0.39 is 0 Å². The first-order valence-corrected chi connectivity index (χ1v) is 8.13. The zero-order chi connectivity index (χ0) is 16.8. The predicted octanol–water partition coefficient (Wildman–Crippen LogP) is 3.33. The molecule has 0 aromatic heterocycles. The van der Waals surface area contributed by atoms with Gasteiger partial charge in [-0.1, -0.05) is 78.3 Å². The highest BCUT2D eigenvalue weighted by molar-refractivity contribution is 6.45. The van der Waals surface area contributed by atoms with E-state index in [0.29, 0.717) is 0 Å². The van der Waals surface area contributed by atoms with Crippen molar-refractivity contribution in [2.24, 2.45) is 4.99 Å². The van der Waals surface area contributed by atoms with Crippen LogP contribution in [0.3, 0.4) is 0 Å². The number of benzene rings is 3. The summed E-state index contributed by atoms with van der Waals surface area (Å²) >= 11 is 0. The summed E-state index contributed by atoms with van der Waals surface area (Å²) in [5.41, 5.74) is 6.41. The zero-order valence-corrected chi connectivity index (χ0v) is 13.8. The fraction of sp³-hybridized carbons (Fsp3) is 0.0952. The van der Waals surface area contributed by atoms with E-state index in [0.717, 1.165) is 34.4 Å². The Labute approximate surface area is 143 Å². The van der Waals surface area contributed by atoms with Crippen LogP contribution in [0, 0.1) is 6.92 Å². The predicted molar refractivity (Wildman–Crippen MR) is 103 cm³/mol. The Morgan fingerprint density at radius 2 is 1.54 bits per heavy atom. The maximum atomic E-state index is 9.24. The Bertz CT molecular complexity index is 826. The molecule has 0 bridgehead atoms. The van der Waals surface area contributed by atoms with Crippen molar-refractivity contribution in [1.29, 1.82) is 0 Å². The molecule has 3 aromatic rings. The fourth-order valence-electron chi connectivity index (χ4n) is 2.63. The molecule has 0 amide bonds. The van der Waals surface area contributed by atoms with E-state index >= 15 is 0 Å². The molecule has 1 N–H and O–H groups in total. The van der Waals surface area contributed by atoms with Crippen LogP contribution in [0.15, 0.2) is 83.9 Å². The summed E-state index contributed by atoms with van der Waals surface area (Å²) in [5.74, 6) is 0. The fourth-order valence-corrected chi connectivity index (χ4v) is 2.63. The SMILES string of the molecule is Cc1ccccc1/N=C(\Cc1ccccc1)c1ccc(BO)cc1. The Hall–Kier alpha value is -2.65. The quantitative estimate of drug-likeness (QED) is 0.569. The summed E-state index contributed by atoms with van der Waals surface area (Å²) in [5, 5.41) is 9.24. The molecule has 0 aliphatic rings. The van der Waals surface area contributed by atoms with Crippen LogP contribution < -0.4 is 5.46 Å². The normalized spacial score (nSPS) is 11.3. The molecule has 2 nitrogen and oxygen atoms in total. The van der Waals surface area contributed by atoms with Crippen molar-refractivity contribution in [1.82, 2.24) is 0 Å². The summed E-state index contributed by atoms with van der Waals surface area (Å²) < 4.78 is 0. The summed E-state index contributed by atoms with van der Waals surface area (Å²) in [6.07, 6.45) is 0.771. The standard InChI is InChI=1S/C21H20BNO/c1-16-7-5-6-10-20(16)23-21(15-17-8-3-2-4-9-17)18-11-13-19(22-24)14-12-18/h2-14,22,24H,15H2,1H3/b23-21+. The van der Waals surface area contributed by atoms with Gasteiger partial charge < -0.3 is 5.02 Å². The van der Waals surface area contributed by atoms with Crippen molar-refractivity contribution < 1.29 is 5.02 Å². The van der Waals surface area contributed by atoms with Crippen LogP contribution in [-0.2, 0) is 6.42 Å². The van der Waals surface area contributed by atoms with Crippen molar-refractivity contribution >= 4 is 24.3 Å². The topological polar surface area (TPSA) is 32.6 Å². The van der Waals surface area contributed by atoms with Crippen LogP contribution in [0.25, 0.3) is 0 Å². The minimum atomic E-state index is 0.0588. The van der Waals surface area contributed by atoms with E-state index in [1.165, 1.54) is 5.56 Å². The smallest absolute Gasteiger partial charge is 0.304 e. The first-order chi connectivity index (χ1) is 11.8. The summed E-state index contributed by atoms with van der Waals surface area (Å²) in [6, 6.07) is 26.5. The molecule has 0 spiro atoms. The van der Waals surface area contributed by atoms with E-state index in [9.17, 15) is 5.02 Å². The highest BCUT2D eigenvalue weighted by atomic mass is 16.2. The van der Waals surface area contributed by atoms with Gasteiger partial charge in [-0.25, -0.2) is 0 Å². The number of rotatable bonds is 5. The molecule has 0 saturated heterocycles. The van der Waals surface area contributed by atoms with Crippen molar-refractivity contribution in [3.63, 3.8) is 0 Å². The van der Waals surface area contributed by atoms with Gasteiger partial charge in [-0.3, -0.25) is 4.99 Å². The average molecular weight is 313 g/mol. The van der Waals surface area contributed by atoms with Crippen LogP contribution in [0.2, 0.25) is 0 Å². The van der Waals surface area contributed by atoms with E-state index in [1.54, 1.807) is 0 Å². The van der Waals surface area contributed by atoms with E-state index in [2.05, 4.69) is 37.3 Å². The Balaban J connectivity index is 2.01. The molecule has 3 rings (SSSR count).